The average Bonchev–Trinajstić information content (AvgIpc) is 2.43. The molecule has 1 atom stereocenters. The summed E-state index contributed by atoms with van der Waals surface area (Å²) in [5.74, 6) is -0.235. The molecule has 0 amide bonds. The van der Waals surface area contributed by atoms with E-state index < -0.39 is 0 Å². The Balaban J connectivity index is 2.24. The van der Waals surface area contributed by atoms with Gasteiger partial charge in [0.2, 0.25) is 0 Å². The summed E-state index contributed by atoms with van der Waals surface area (Å²) in [7, 11) is 0. The fraction of sp³-hybridized carbons (Fsp3) is 0.647. The van der Waals surface area contributed by atoms with Crippen LogP contribution in [0.15, 0.2) is 24.3 Å². The first kappa shape index (κ1) is 16.2. The maximum Gasteiger partial charge on any atom is 0.126 e. The summed E-state index contributed by atoms with van der Waals surface area (Å²) in [5, 5.41) is 9.41. The molecule has 0 aliphatic carbocycles. The van der Waals surface area contributed by atoms with Crippen molar-refractivity contribution in [2.75, 3.05) is 6.61 Å². The van der Waals surface area contributed by atoms with Crippen LogP contribution in [0.1, 0.15) is 69.8 Å². The Labute approximate surface area is 116 Å². The van der Waals surface area contributed by atoms with Crippen LogP contribution in [0.3, 0.4) is 0 Å². The van der Waals surface area contributed by atoms with E-state index in [0.29, 0.717) is 5.56 Å². The largest absolute Gasteiger partial charge is 0.396 e. The van der Waals surface area contributed by atoms with E-state index in [1.807, 2.05) is 6.07 Å². The van der Waals surface area contributed by atoms with E-state index in [1.54, 1.807) is 12.1 Å². The van der Waals surface area contributed by atoms with E-state index in [2.05, 4.69) is 6.92 Å². The molecule has 0 fully saturated rings. The summed E-state index contributed by atoms with van der Waals surface area (Å²) in [4.78, 5) is 0. The van der Waals surface area contributed by atoms with Gasteiger partial charge in [-0.15, -0.1) is 0 Å². The minimum Gasteiger partial charge on any atom is -0.396 e. The molecule has 0 saturated carbocycles. The highest BCUT2D eigenvalue weighted by atomic mass is 19.1. The summed E-state index contributed by atoms with van der Waals surface area (Å²) < 4.78 is 13.6. The number of aliphatic hydroxyl groups is 1. The Bertz CT molecular complexity index is 338. The molecule has 1 aromatic carbocycles. The molecule has 0 radical (unpaired) electrons. The number of unbranched alkanes of at least 4 members (excludes halogenated alkanes) is 6. The third-order valence-corrected chi connectivity index (χ3v) is 3.72. The summed E-state index contributed by atoms with van der Waals surface area (Å²) >= 11 is 0. The van der Waals surface area contributed by atoms with Crippen molar-refractivity contribution in [2.45, 2.75) is 64.2 Å². The van der Waals surface area contributed by atoms with E-state index >= 15 is 0 Å². The molecule has 0 heterocycles. The van der Waals surface area contributed by atoms with Crippen LogP contribution in [0.4, 0.5) is 4.39 Å². The number of halogens is 1. The van der Waals surface area contributed by atoms with Crippen LogP contribution in [0.25, 0.3) is 0 Å². The second-order valence-electron chi connectivity index (χ2n) is 5.31. The fourth-order valence-corrected chi connectivity index (χ4v) is 2.50. The van der Waals surface area contributed by atoms with E-state index in [0.717, 1.165) is 12.8 Å². The van der Waals surface area contributed by atoms with Crippen LogP contribution >= 0.6 is 0 Å². The minimum atomic E-state index is -0.190. The molecule has 0 aliphatic heterocycles. The number of benzene rings is 1. The molecule has 1 nitrogen and oxygen atoms in total. The summed E-state index contributed by atoms with van der Waals surface area (Å²) in [6.07, 6.45) is 9.64. The molecule has 0 aromatic heterocycles. The quantitative estimate of drug-likeness (QED) is 0.588. The highest BCUT2D eigenvalue weighted by Gasteiger charge is 2.13. The van der Waals surface area contributed by atoms with Crippen molar-refractivity contribution in [2.24, 2.45) is 0 Å². The van der Waals surface area contributed by atoms with Crippen molar-refractivity contribution in [1.82, 2.24) is 0 Å². The molecule has 108 valence electrons. The second kappa shape index (κ2) is 9.96. The summed E-state index contributed by atoms with van der Waals surface area (Å²) in [6, 6.07) is 6.80. The summed E-state index contributed by atoms with van der Waals surface area (Å²) in [5.41, 5.74) is 0.663. The zero-order valence-corrected chi connectivity index (χ0v) is 12.1. The van der Waals surface area contributed by atoms with E-state index in [1.165, 1.54) is 44.6 Å². The summed E-state index contributed by atoms with van der Waals surface area (Å²) in [6.45, 7) is 2.26. The van der Waals surface area contributed by atoms with Gasteiger partial charge in [0.1, 0.15) is 5.82 Å². The van der Waals surface area contributed by atoms with Crippen molar-refractivity contribution >= 4 is 0 Å². The number of hydrogen-bond acceptors (Lipinski definition) is 1. The lowest BCUT2D eigenvalue weighted by Crippen LogP contribution is -2.06. The van der Waals surface area contributed by atoms with Crippen LogP contribution in [0.2, 0.25) is 0 Å². The van der Waals surface area contributed by atoms with Gasteiger partial charge in [-0.05, 0) is 18.1 Å². The standard InChI is InChI=1S/C17H27FO/c1-2-3-4-5-6-7-8-11-15(14-19)16-12-9-10-13-17(16)18/h9-10,12-13,15,19H,2-8,11,14H2,1H3. The molecule has 0 spiro atoms. The normalized spacial score (nSPS) is 12.6. The van der Waals surface area contributed by atoms with Crippen LogP contribution in [-0.4, -0.2) is 11.7 Å². The highest BCUT2D eigenvalue weighted by Crippen LogP contribution is 2.24. The number of hydrogen-bond donors (Lipinski definition) is 1. The number of aliphatic hydroxyl groups excluding tert-OH is 1. The van der Waals surface area contributed by atoms with Gasteiger partial charge in [-0.2, -0.15) is 0 Å². The molecular weight excluding hydrogens is 239 g/mol. The first-order valence-corrected chi connectivity index (χ1v) is 7.64. The molecule has 19 heavy (non-hydrogen) atoms. The minimum absolute atomic E-state index is 0.0385. The Morgan fingerprint density at radius 2 is 1.63 bits per heavy atom. The average molecular weight is 266 g/mol. The Kier molecular flexibility index (Phi) is 8.48. The molecule has 2 heteroatoms. The van der Waals surface area contributed by atoms with Gasteiger partial charge in [-0.25, -0.2) is 4.39 Å². The molecule has 1 aromatic rings. The molecule has 0 saturated heterocycles. The Morgan fingerprint density at radius 3 is 2.26 bits per heavy atom. The van der Waals surface area contributed by atoms with Gasteiger partial charge in [-0.3, -0.25) is 0 Å². The SMILES string of the molecule is CCCCCCCCCC(CO)c1ccccc1F. The molecular formula is C17H27FO. The van der Waals surface area contributed by atoms with Crippen LogP contribution in [0, 0.1) is 5.82 Å². The fourth-order valence-electron chi connectivity index (χ4n) is 2.50. The molecule has 1 N–H and O–H groups in total. The van der Waals surface area contributed by atoms with Gasteiger partial charge in [0.25, 0.3) is 0 Å². The van der Waals surface area contributed by atoms with E-state index in [9.17, 15) is 9.50 Å². The third-order valence-electron chi connectivity index (χ3n) is 3.72. The maximum absolute atomic E-state index is 13.6. The molecule has 1 rings (SSSR count). The topological polar surface area (TPSA) is 20.2 Å². The van der Waals surface area contributed by atoms with Gasteiger partial charge < -0.3 is 5.11 Å². The molecule has 0 aliphatic rings. The van der Waals surface area contributed by atoms with Gasteiger partial charge in [0.15, 0.2) is 0 Å². The first-order valence-electron chi connectivity index (χ1n) is 7.64. The van der Waals surface area contributed by atoms with Crippen molar-refractivity contribution in [1.29, 1.82) is 0 Å². The molecule has 0 bridgehead atoms. The van der Waals surface area contributed by atoms with Crippen LogP contribution in [-0.2, 0) is 0 Å². The lowest BCUT2D eigenvalue weighted by molar-refractivity contribution is 0.253. The monoisotopic (exact) mass is 266 g/mol. The zero-order valence-electron chi connectivity index (χ0n) is 12.1. The van der Waals surface area contributed by atoms with Crippen molar-refractivity contribution in [3.8, 4) is 0 Å². The molecule has 1 unspecified atom stereocenters. The van der Waals surface area contributed by atoms with Crippen LogP contribution < -0.4 is 0 Å². The zero-order chi connectivity index (χ0) is 13.9. The van der Waals surface area contributed by atoms with Crippen molar-refractivity contribution in [3.63, 3.8) is 0 Å². The van der Waals surface area contributed by atoms with Gasteiger partial charge in [0, 0.05) is 5.92 Å². The Hall–Kier alpha value is -0.890. The predicted octanol–water partition coefficient (Wildman–Crippen LogP) is 5.04. The van der Waals surface area contributed by atoms with Crippen molar-refractivity contribution < 1.29 is 9.50 Å². The van der Waals surface area contributed by atoms with Gasteiger partial charge in [0.05, 0.1) is 6.61 Å². The van der Waals surface area contributed by atoms with Crippen LogP contribution in [0.5, 0.6) is 0 Å². The van der Waals surface area contributed by atoms with E-state index in [4.69, 9.17) is 0 Å². The first-order chi connectivity index (χ1) is 9.29. The van der Waals surface area contributed by atoms with Crippen molar-refractivity contribution in [3.05, 3.63) is 35.6 Å². The lowest BCUT2D eigenvalue weighted by Gasteiger charge is -2.15. The lowest BCUT2D eigenvalue weighted by atomic mass is 9.93. The van der Waals surface area contributed by atoms with E-state index in [-0.39, 0.29) is 18.3 Å². The third kappa shape index (κ3) is 6.20. The predicted molar refractivity (Wildman–Crippen MR) is 78.8 cm³/mol. The smallest absolute Gasteiger partial charge is 0.126 e. The Morgan fingerprint density at radius 1 is 1.00 bits per heavy atom. The second-order valence-corrected chi connectivity index (χ2v) is 5.31. The van der Waals surface area contributed by atoms with Gasteiger partial charge in [-0.1, -0.05) is 70.1 Å². The highest BCUT2D eigenvalue weighted by molar-refractivity contribution is 5.21. The maximum atomic E-state index is 13.6. The van der Waals surface area contributed by atoms with Gasteiger partial charge >= 0.3 is 0 Å². The number of rotatable bonds is 10.